The number of ether oxygens (including phenoxy) is 2. The molecule has 0 fully saturated rings. The molecule has 1 aromatic carbocycles. The van der Waals surface area contributed by atoms with Gasteiger partial charge >= 0.3 is 0 Å². The summed E-state index contributed by atoms with van der Waals surface area (Å²) >= 11 is 7.25. The number of hydrogen-bond acceptors (Lipinski definition) is 5. The van der Waals surface area contributed by atoms with Gasteiger partial charge in [-0.15, -0.1) is 11.3 Å². The lowest BCUT2D eigenvalue weighted by Crippen LogP contribution is -2.37. The van der Waals surface area contributed by atoms with Gasteiger partial charge in [0.2, 0.25) is 18.1 Å². The van der Waals surface area contributed by atoms with E-state index >= 15 is 4.39 Å². The van der Waals surface area contributed by atoms with Gasteiger partial charge in [-0.05, 0) is 22.9 Å². The van der Waals surface area contributed by atoms with Crippen molar-refractivity contribution in [3.8, 4) is 11.5 Å². The minimum atomic E-state index is -2.54. The van der Waals surface area contributed by atoms with E-state index in [-0.39, 0.29) is 30.2 Å². The largest absolute Gasteiger partial charge is 0.454 e. The summed E-state index contributed by atoms with van der Waals surface area (Å²) in [5, 5.41) is 12.3. The zero-order valence-electron chi connectivity index (χ0n) is 15.4. The first-order chi connectivity index (χ1) is 13.2. The molecule has 0 bridgehead atoms. The molecule has 28 heavy (non-hydrogen) atoms. The molecule has 0 radical (unpaired) electrons. The Labute approximate surface area is 169 Å². The van der Waals surface area contributed by atoms with Gasteiger partial charge in [0.05, 0.1) is 16.8 Å². The molecular weight excluding hydrogens is 405 g/mol. The van der Waals surface area contributed by atoms with Gasteiger partial charge in [0.1, 0.15) is 5.02 Å². The van der Waals surface area contributed by atoms with Crippen LogP contribution in [0, 0.1) is 0 Å². The summed E-state index contributed by atoms with van der Waals surface area (Å²) in [5.41, 5.74) is 0.282. The van der Waals surface area contributed by atoms with Gasteiger partial charge in [-0.2, -0.15) is 0 Å². The van der Waals surface area contributed by atoms with Crippen molar-refractivity contribution in [2.24, 2.45) is 0 Å². The SMILES string of the molecule is CC(C)(CC(O)(F)Cn1cc(Cl)c(=O)c2sccc21)c1cccc2c1OCO2. The lowest BCUT2D eigenvalue weighted by Gasteiger charge is -2.32. The van der Waals surface area contributed by atoms with Crippen molar-refractivity contribution in [1.82, 2.24) is 4.57 Å². The monoisotopic (exact) mass is 423 g/mol. The lowest BCUT2D eigenvalue weighted by atomic mass is 9.78. The fourth-order valence-corrected chi connectivity index (χ4v) is 4.88. The van der Waals surface area contributed by atoms with Crippen LogP contribution in [0.25, 0.3) is 10.2 Å². The minimum absolute atomic E-state index is 0.00330. The van der Waals surface area contributed by atoms with Gasteiger partial charge in [-0.25, -0.2) is 4.39 Å². The van der Waals surface area contributed by atoms with E-state index in [1.165, 1.54) is 22.1 Å². The topological polar surface area (TPSA) is 60.7 Å². The standard InChI is InChI=1S/C20H19ClFNO4S/c1-19(2,12-4-3-5-15-17(12)27-11-26-15)9-20(22,25)10-23-8-13(21)16(24)18-14(23)6-7-28-18/h3-8,25H,9-11H2,1-2H3. The van der Waals surface area contributed by atoms with Crippen LogP contribution in [0.15, 0.2) is 40.6 Å². The number of rotatable bonds is 5. The Morgan fingerprint density at radius 3 is 2.89 bits per heavy atom. The molecule has 0 amide bonds. The van der Waals surface area contributed by atoms with E-state index in [9.17, 15) is 9.90 Å². The highest BCUT2D eigenvalue weighted by Gasteiger charge is 2.39. The predicted molar refractivity (Wildman–Crippen MR) is 107 cm³/mol. The number of alkyl halides is 1. The average Bonchev–Trinajstić information content (AvgIpc) is 3.27. The summed E-state index contributed by atoms with van der Waals surface area (Å²) in [4.78, 5) is 12.1. The van der Waals surface area contributed by atoms with Gasteiger partial charge < -0.3 is 19.1 Å². The molecule has 3 heterocycles. The molecule has 0 saturated heterocycles. The normalized spacial score (nSPS) is 15.8. The zero-order valence-corrected chi connectivity index (χ0v) is 16.9. The van der Waals surface area contributed by atoms with Crippen LogP contribution in [-0.2, 0) is 12.0 Å². The number of para-hydroxylation sites is 1. The molecule has 5 nitrogen and oxygen atoms in total. The average molecular weight is 424 g/mol. The number of aromatic nitrogens is 1. The number of pyridine rings is 1. The zero-order chi connectivity index (χ0) is 20.1. The summed E-state index contributed by atoms with van der Waals surface area (Å²) < 4.78 is 28.2. The van der Waals surface area contributed by atoms with Gasteiger partial charge in [0.25, 0.3) is 0 Å². The Hall–Kier alpha value is -2.09. The first-order valence-corrected chi connectivity index (χ1v) is 10.0. The molecule has 1 atom stereocenters. The van der Waals surface area contributed by atoms with Gasteiger partial charge in [-0.1, -0.05) is 37.6 Å². The maximum absolute atomic E-state index is 15.3. The molecule has 1 unspecified atom stereocenters. The minimum Gasteiger partial charge on any atom is -0.454 e. The van der Waals surface area contributed by atoms with E-state index in [4.69, 9.17) is 21.1 Å². The molecule has 148 valence electrons. The van der Waals surface area contributed by atoms with Crippen LogP contribution in [0.5, 0.6) is 11.5 Å². The fourth-order valence-electron chi connectivity index (χ4n) is 3.76. The molecule has 0 aliphatic carbocycles. The molecular formula is C20H19ClFNO4S. The Morgan fingerprint density at radius 1 is 1.32 bits per heavy atom. The number of benzene rings is 1. The number of fused-ring (bicyclic) bond motifs is 2. The Bertz CT molecular complexity index is 1110. The van der Waals surface area contributed by atoms with E-state index < -0.39 is 11.3 Å². The summed E-state index contributed by atoms with van der Waals surface area (Å²) in [6.07, 6.45) is 1.18. The van der Waals surface area contributed by atoms with Crippen LogP contribution in [0.2, 0.25) is 5.02 Å². The quantitative estimate of drug-likeness (QED) is 0.657. The second-order valence-electron chi connectivity index (χ2n) is 7.59. The molecule has 0 saturated carbocycles. The molecule has 1 N–H and O–H groups in total. The van der Waals surface area contributed by atoms with Crippen molar-refractivity contribution < 1.29 is 19.0 Å². The highest BCUT2D eigenvalue weighted by Crippen LogP contribution is 2.44. The maximum Gasteiger partial charge on any atom is 0.231 e. The smallest absolute Gasteiger partial charge is 0.231 e. The van der Waals surface area contributed by atoms with Gasteiger partial charge in [0, 0.05) is 18.2 Å². The van der Waals surface area contributed by atoms with E-state index in [0.717, 1.165) is 5.56 Å². The first kappa shape index (κ1) is 19.2. The van der Waals surface area contributed by atoms with E-state index in [1.54, 1.807) is 17.5 Å². The summed E-state index contributed by atoms with van der Waals surface area (Å²) in [6.45, 7) is 3.45. The van der Waals surface area contributed by atoms with E-state index in [1.807, 2.05) is 26.0 Å². The van der Waals surface area contributed by atoms with Gasteiger partial charge in [0.15, 0.2) is 11.5 Å². The highest BCUT2D eigenvalue weighted by molar-refractivity contribution is 7.17. The number of thiophene rings is 1. The van der Waals surface area contributed by atoms with E-state index in [2.05, 4.69) is 0 Å². The second kappa shape index (κ2) is 6.76. The van der Waals surface area contributed by atoms with Crippen LogP contribution in [-0.4, -0.2) is 22.3 Å². The molecule has 0 spiro atoms. The number of halogens is 2. The molecule has 3 aromatic rings. The number of nitrogens with zero attached hydrogens (tertiary/aromatic N) is 1. The van der Waals surface area contributed by atoms with Crippen molar-refractivity contribution in [3.63, 3.8) is 0 Å². The van der Waals surface area contributed by atoms with Crippen molar-refractivity contribution >= 4 is 33.2 Å². The van der Waals surface area contributed by atoms with Crippen LogP contribution < -0.4 is 14.9 Å². The fraction of sp³-hybridized carbons (Fsp3) is 0.350. The highest BCUT2D eigenvalue weighted by atomic mass is 35.5. The third kappa shape index (κ3) is 3.38. The first-order valence-electron chi connectivity index (χ1n) is 8.74. The third-order valence-electron chi connectivity index (χ3n) is 4.90. The van der Waals surface area contributed by atoms with Crippen molar-refractivity contribution in [3.05, 3.63) is 56.7 Å². The van der Waals surface area contributed by atoms with Crippen LogP contribution in [0.1, 0.15) is 25.8 Å². The van der Waals surface area contributed by atoms with E-state index in [0.29, 0.717) is 21.7 Å². The summed E-state index contributed by atoms with van der Waals surface area (Å²) in [6, 6.07) is 7.17. The van der Waals surface area contributed by atoms with Crippen molar-refractivity contribution in [2.45, 2.75) is 38.1 Å². The lowest BCUT2D eigenvalue weighted by molar-refractivity contribution is -0.118. The molecule has 1 aliphatic heterocycles. The van der Waals surface area contributed by atoms with Crippen LogP contribution in [0.3, 0.4) is 0 Å². The maximum atomic E-state index is 15.3. The predicted octanol–water partition coefficient (Wildman–Crippen LogP) is 4.47. The Kier molecular flexibility index (Phi) is 4.64. The Balaban J connectivity index is 1.65. The Morgan fingerprint density at radius 2 is 2.11 bits per heavy atom. The van der Waals surface area contributed by atoms with Gasteiger partial charge in [-0.3, -0.25) is 4.79 Å². The van der Waals surface area contributed by atoms with Crippen molar-refractivity contribution in [1.29, 1.82) is 0 Å². The number of hydrogen-bond donors (Lipinski definition) is 1. The molecule has 8 heteroatoms. The number of aliphatic hydroxyl groups is 1. The molecule has 4 rings (SSSR count). The van der Waals surface area contributed by atoms with Crippen molar-refractivity contribution in [2.75, 3.05) is 6.79 Å². The summed E-state index contributed by atoms with van der Waals surface area (Å²) in [5.74, 6) is -1.35. The summed E-state index contributed by atoms with van der Waals surface area (Å²) in [7, 11) is 0. The third-order valence-corrected chi connectivity index (χ3v) is 6.07. The van der Waals surface area contributed by atoms with Crippen LogP contribution >= 0.6 is 22.9 Å². The molecule has 2 aromatic heterocycles. The molecule has 1 aliphatic rings. The van der Waals surface area contributed by atoms with Crippen LogP contribution in [0.4, 0.5) is 4.39 Å². The second-order valence-corrected chi connectivity index (χ2v) is 8.91.